The molecule has 0 bridgehead atoms. The van der Waals surface area contributed by atoms with Gasteiger partial charge in [-0.1, -0.05) is 24.3 Å². The first-order valence-electron chi connectivity index (χ1n) is 8.35. The van der Waals surface area contributed by atoms with Gasteiger partial charge in [-0.05, 0) is 36.2 Å². The van der Waals surface area contributed by atoms with E-state index in [4.69, 9.17) is 5.73 Å². The molecular weight excluding hydrogens is 332 g/mol. The molecule has 3 amide bonds. The number of hydrogen-bond donors (Lipinski definition) is 4. The van der Waals surface area contributed by atoms with Gasteiger partial charge in [0.15, 0.2) is 0 Å². The second-order valence-corrected chi connectivity index (χ2v) is 6.65. The smallest absolute Gasteiger partial charge is 0.248 e. The van der Waals surface area contributed by atoms with Crippen LogP contribution in [-0.2, 0) is 15.0 Å². The summed E-state index contributed by atoms with van der Waals surface area (Å²) in [5.74, 6) is -0.892. The van der Waals surface area contributed by atoms with Crippen LogP contribution >= 0.6 is 0 Å². The van der Waals surface area contributed by atoms with Crippen molar-refractivity contribution >= 4 is 29.1 Å². The second-order valence-electron chi connectivity index (χ2n) is 6.65. The van der Waals surface area contributed by atoms with E-state index in [1.165, 1.54) is 6.07 Å². The van der Waals surface area contributed by atoms with Gasteiger partial charge in [-0.15, -0.1) is 0 Å². The Hall–Kier alpha value is -3.19. The molecule has 2 aromatic rings. The number of carbonyl (C=O) groups is 3. The fourth-order valence-electron chi connectivity index (χ4n) is 3.71. The highest BCUT2D eigenvalue weighted by Crippen LogP contribution is 2.43. The Balaban J connectivity index is 1.52. The first kappa shape index (κ1) is 16.3. The van der Waals surface area contributed by atoms with Crippen molar-refractivity contribution in [3.05, 3.63) is 59.7 Å². The largest absolute Gasteiger partial charge is 0.366 e. The number of para-hydroxylation sites is 1. The van der Waals surface area contributed by atoms with E-state index >= 15 is 0 Å². The third kappa shape index (κ3) is 2.53. The molecule has 2 heterocycles. The summed E-state index contributed by atoms with van der Waals surface area (Å²) in [5, 5.41) is 8.83. The minimum Gasteiger partial charge on any atom is -0.366 e. The summed E-state index contributed by atoms with van der Waals surface area (Å²) in [6, 6.07) is 13.5. The van der Waals surface area contributed by atoms with Crippen LogP contribution in [0, 0.1) is 0 Å². The monoisotopic (exact) mass is 350 g/mol. The van der Waals surface area contributed by atoms with Gasteiger partial charge >= 0.3 is 0 Å². The molecule has 2 unspecified atom stereocenters. The minimum atomic E-state index is -0.728. The Morgan fingerprint density at radius 2 is 1.96 bits per heavy atom. The molecule has 0 radical (unpaired) electrons. The molecule has 0 aromatic heterocycles. The first-order chi connectivity index (χ1) is 12.5. The fourth-order valence-corrected chi connectivity index (χ4v) is 3.71. The van der Waals surface area contributed by atoms with Crippen LogP contribution in [0.4, 0.5) is 11.4 Å². The zero-order valence-corrected chi connectivity index (χ0v) is 13.9. The summed E-state index contributed by atoms with van der Waals surface area (Å²) in [5.41, 5.74) is 7.07. The van der Waals surface area contributed by atoms with Crippen molar-refractivity contribution in [2.24, 2.45) is 5.73 Å². The summed E-state index contributed by atoms with van der Waals surface area (Å²) in [6.45, 7) is 0.398. The Bertz CT molecular complexity index is 927. The highest BCUT2D eigenvalue weighted by Gasteiger charge is 2.52. The lowest BCUT2D eigenvalue weighted by Crippen LogP contribution is -2.36. The normalized spacial score (nSPS) is 23.5. The Labute approximate surface area is 150 Å². The van der Waals surface area contributed by atoms with Crippen LogP contribution in [0.2, 0.25) is 0 Å². The van der Waals surface area contributed by atoms with Crippen molar-refractivity contribution < 1.29 is 14.4 Å². The molecule has 1 spiro atoms. The Morgan fingerprint density at radius 1 is 1.15 bits per heavy atom. The maximum Gasteiger partial charge on any atom is 0.248 e. The van der Waals surface area contributed by atoms with Gasteiger partial charge in [-0.25, -0.2) is 0 Å². The number of nitrogens with one attached hydrogen (secondary N) is 3. The molecule has 7 heteroatoms. The third-order valence-electron chi connectivity index (χ3n) is 5.06. The molecule has 26 heavy (non-hydrogen) atoms. The van der Waals surface area contributed by atoms with Crippen LogP contribution in [0.3, 0.4) is 0 Å². The lowest BCUT2D eigenvalue weighted by atomic mass is 9.79. The van der Waals surface area contributed by atoms with E-state index in [1.807, 2.05) is 24.3 Å². The molecule has 0 aliphatic carbocycles. The van der Waals surface area contributed by atoms with Gasteiger partial charge in [0, 0.05) is 23.5 Å². The molecular formula is C19H18N4O3. The van der Waals surface area contributed by atoms with Crippen molar-refractivity contribution in [3.63, 3.8) is 0 Å². The number of rotatable bonds is 3. The number of hydrogen-bond acceptors (Lipinski definition) is 4. The molecule has 2 aromatic carbocycles. The highest BCUT2D eigenvalue weighted by atomic mass is 16.2. The summed E-state index contributed by atoms with van der Waals surface area (Å²) in [4.78, 5) is 36.5. The summed E-state index contributed by atoms with van der Waals surface area (Å²) >= 11 is 0. The van der Waals surface area contributed by atoms with Crippen molar-refractivity contribution in [2.75, 3.05) is 17.2 Å². The predicted molar refractivity (Wildman–Crippen MR) is 96.7 cm³/mol. The highest BCUT2D eigenvalue weighted by molar-refractivity contribution is 6.08. The van der Waals surface area contributed by atoms with E-state index in [1.54, 1.807) is 18.2 Å². The minimum absolute atomic E-state index is 0.0859. The number of primary amides is 1. The van der Waals surface area contributed by atoms with Crippen molar-refractivity contribution in [1.29, 1.82) is 0 Å². The average molecular weight is 350 g/mol. The van der Waals surface area contributed by atoms with Crippen molar-refractivity contribution in [2.45, 2.75) is 17.9 Å². The molecule has 2 atom stereocenters. The quantitative estimate of drug-likeness (QED) is 0.661. The number of carbonyl (C=O) groups excluding carboxylic acids is 3. The summed E-state index contributed by atoms with van der Waals surface area (Å²) in [7, 11) is 0. The zero-order chi connectivity index (χ0) is 18.3. The second kappa shape index (κ2) is 5.96. The lowest BCUT2D eigenvalue weighted by Gasteiger charge is -2.20. The van der Waals surface area contributed by atoms with E-state index in [9.17, 15) is 14.4 Å². The van der Waals surface area contributed by atoms with E-state index in [-0.39, 0.29) is 11.8 Å². The predicted octanol–water partition coefficient (Wildman–Crippen LogP) is 0.976. The SMILES string of the molecule is NC(=O)c1cccc(NC(=O)C2CC3(CN2)C(=O)Nc2ccccc23)c1. The molecule has 4 rings (SSSR count). The number of nitrogens with two attached hydrogens (primary N) is 1. The van der Waals surface area contributed by atoms with Crippen LogP contribution in [0.1, 0.15) is 22.3 Å². The maximum absolute atomic E-state index is 12.6. The van der Waals surface area contributed by atoms with Crippen LogP contribution in [0.25, 0.3) is 0 Å². The summed E-state index contributed by atoms with van der Waals surface area (Å²) in [6.07, 6.45) is 0.372. The van der Waals surface area contributed by atoms with Crippen LogP contribution in [0.15, 0.2) is 48.5 Å². The Morgan fingerprint density at radius 3 is 2.77 bits per heavy atom. The molecule has 132 valence electrons. The van der Waals surface area contributed by atoms with E-state index in [0.717, 1.165) is 11.3 Å². The maximum atomic E-state index is 12.6. The average Bonchev–Trinajstić information content (AvgIpc) is 3.19. The third-order valence-corrected chi connectivity index (χ3v) is 5.06. The van der Waals surface area contributed by atoms with E-state index in [0.29, 0.717) is 24.2 Å². The fraction of sp³-hybridized carbons (Fsp3) is 0.211. The van der Waals surface area contributed by atoms with Gasteiger partial charge in [-0.2, -0.15) is 0 Å². The van der Waals surface area contributed by atoms with E-state index < -0.39 is 17.4 Å². The van der Waals surface area contributed by atoms with E-state index in [2.05, 4.69) is 16.0 Å². The number of benzene rings is 2. The molecule has 1 saturated heterocycles. The van der Waals surface area contributed by atoms with Gasteiger partial charge < -0.3 is 21.7 Å². The standard InChI is InChI=1S/C19H18N4O3/c20-16(24)11-4-3-5-12(8-11)22-17(25)15-9-19(10-21-15)13-6-1-2-7-14(13)23-18(19)26/h1-8,15,21H,9-10H2,(H2,20,24)(H,22,25)(H,23,26). The molecule has 5 N–H and O–H groups in total. The van der Waals surface area contributed by atoms with Gasteiger partial charge in [-0.3, -0.25) is 14.4 Å². The van der Waals surface area contributed by atoms with Gasteiger partial charge in [0.2, 0.25) is 17.7 Å². The topological polar surface area (TPSA) is 113 Å². The molecule has 0 saturated carbocycles. The zero-order valence-electron chi connectivity index (χ0n) is 13.9. The van der Waals surface area contributed by atoms with Crippen LogP contribution in [-0.4, -0.2) is 30.3 Å². The Kier molecular flexibility index (Phi) is 3.73. The summed E-state index contributed by atoms with van der Waals surface area (Å²) < 4.78 is 0. The van der Waals surface area contributed by atoms with Gasteiger partial charge in [0.05, 0.1) is 11.5 Å². The van der Waals surface area contributed by atoms with Crippen molar-refractivity contribution in [3.8, 4) is 0 Å². The molecule has 2 aliphatic heterocycles. The molecule has 1 fully saturated rings. The number of amides is 3. The number of fused-ring (bicyclic) bond motifs is 2. The van der Waals surface area contributed by atoms with Gasteiger partial charge in [0.25, 0.3) is 0 Å². The van der Waals surface area contributed by atoms with Crippen LogP contribution < -0.4 is 21.7 Å². The molecule has 7 nitrogen and oxygen atoms in total. The lowest BCUT2D eigenvalue weighted by molar-refractivity contribution is -0.120. The molecule has 2 aliphatic rings. The van der Waals surface area contributed by atoms with Gasteiger partial charge in [0.1, 0.15) is 0 Å². The van der Waals surface area contributed by atoms with Crippen LogP contribution in [0.5, 0.6) is 0 Å². The van der Waals surface area contributed by atoms with Crippen molar-refractivity contribution in [1.82, 2.24) is 5.32 Å². The first-order valence-corrected chi connectivity index (χ1v) is 8.35. The number of anilines is 2.